The summed E-state index contributed by atoms with van der Waals surface area (Å²) in [6.45, 7) is 10.5. The predicted molar refractivity (Wildman–Crippen MR) is 83.4 cm³/mol. The van der Waals surface area contributed by atoms with Gasteiger partial charge in [-0.3, -0.25) is 9.59 Å². The van der Waals surface area contributed by atoms with Gasteiger partial charge in [0.05, 0.1) is 5.01 Å². The first-order valence-electron chi connectivity index (χ1n) is 7.25. The van der Waals surface area contributed by atoms with E-state index in [1.807, 2.05) is 11.8 Å². The van der Waals surface area contributed by atoms with Crippen LogP contribution < -0.4 is 0 Å². The van der Waals surface area contributed by atoms with Gasteiger partial charge in [-0.05, 0) is 12.3 Å². The van der Waals surface area contributed by atoms with E-state index in [1.54, 1.807) is 10.3 Å². The van der Waals surface area contributed by atoms with Gasteiger partial charge < -0.3 is 9.80 Å². The molecule has 0 radical (unpaired) electrons. The first-order chi connectivity index (χ1) is 9.76. The highest BCUT2D eigenvalue weighted by molar-refractivity contribution is 7.09. The second kappa shape index (κ2) is 6.13. The fourth-order valence-electron chi connectivity index (χ4n) is 2.35. The van der Waals surface area contributed by atoms with E-state index in [9.17, 15) is 9.59 Å². The quantitative estimate of drug-likeness (QED) is 0.841. The minimum absolute atomic E-state index is 0.00214. The molecule has 6 heteroatoms. The number of amides is 2. The van der Waals surface area contributed by atoms with Crippen LogP contribution in [-0.4, -0.2) is 52.8 Å². The maximum Gasteiger partial charge on any atom is 0.273 e. The second-order valence-corrected chi connectivity index (χ2v) is 7.72. The summed E-state index contributed by atoms with van der Waals surface area (Å²) in [5, 5.41) is 2.70. The van der Waals surface area contributed by atoms with E-state index in [0.717, 1.165) is 5.01 Å². The summed E-state index contributed by atoms with van der Waals surface area (Å²) in [5.74, 6) is 0.154. The van der Waals surface area contributed by atoms with E-state index in [0.29, 0.717) is 38.3 Å². The van der Waals surface area contributed by atoms with Crippen molar-refractivity contribution in [3.8, 4) is 0 Å². The molecule has 2 rings (SSSR count). The minimum atomic E-state index is -0.0257. The van der Waals surface area contributed by atoms with E-state index >= 15 is 0 Å². The van der Waals surface area contributed by atoms with Crippen molar-refractivity contribution in [2.75, 3.05) is 26.2 Å². The Morgan fingerprint density at radius 2 is 1.76 bits per heavy atom. The van der Waals surface area contributed by atoms with E-state index < -0.39 is 0 Å². The third-order valence-electron chi connectivity index (χ3n) is 3.44. The first kappa shape index (κ1) is 15.9. The molecule has 0 N–H and O–H groups in total. The molecule has 0 aliphatic carbocycles. The summed E-state index contributed by atoms with van der Waals surface area (Å²) in [6.07, 6.45) is 0.548. The van der Waals surface area contributed by atoms with Gasteiger partial charge >= 0.3 is 0 Å². The lowest BCUT2D eigenvalue weighted by Gasteiger charge is -2.35. The number of nitrogens with zero attached hydrogens (tertiary/aromatic N) is 3. The van der Waals surface area contributed by atoms with Gasteiger partial charge in [0.25, 0.3) is 5.91 Å². The summed E-state index contributed by atoms with van der Waals surface area (Å²) >= 11 is 1.49. The molecule has 0 bridgehead atoms. The number of aryl methyl sites for hydroxylation is 1. The highest BCUT2D eigenvalue weighted by atomic mass is 32.1. The molecule has 21 heavy (non-hydrogen) atoms. The van der Waals surface area contributed by atoms with E-state index in [-0.39, 0.29) is 17.2 Å². The third-order valence-corrected chi connectivity index (χ3v) is 4.21. The van der Waals surface area contributed by atoms with Crippen LogP contribution >= 0.6 is 11.3 Å². The van der Waals surface area contributed by atoms with E-state index in [4.69, 9.17) is 0 Å². The largest absolute Gasteiger partial charge is 0.339 e. The number of hydrogen-bond acceptors (Lipinski definition) is 4. The van der Waals surface area contributed by atoms with Crippen LogP contribution in [0.5, 0.6) is 0 Å². The van der Waals surface area contributed by atoms with Crippen molar-refractivity contribution in [1.29, 1.82) is 0 Å². The van der Waals surface area contributed by atoms with Crippen molar-refractivity contribution < 1.29 is 9.59 Å². The molecule has 1 aliphatic rings. The van der Waals surface area contributed by atoms with Crippen molar-refractivity contribution in [2.24, 2.45) is 5.41 Å². The van der Waals surface area contributed by atoms with Crippen molar-refractivity contribution in [3.63, 3.8) is 0 Å². The van der Waals surface area contributed by atoms with Crippen LogP contribution in [0.4, 0.5) is 0 Å². The number of aromatic nitrogens is 1. The lowest BCUT2D eigenvalue weighted by Crippen LogP contribution is -2.51. The maximum absolute atomic E-state index is 12.3. The van der Waals surface area contributed by atoms with E-state index in [2.05, 4.69) is 25.8 Å². The maximum atomic E-state index is 12.3. The average molecular weight is 309 g/mol. The fourth-order valence-corrected chi connectivity index (χ4v) is 2.93. The van der Waals surface area contributed by atoms with Gasteiger partial charge in [-0.1, -0.05) is 20.8 Å². The second-order valence-electron chi connectivity index (χ2n) is 6.66. The lowest BCUT2D eigenvalue weighted by atomic mass is 9.91. The van der Waals surface area contributed by atoms with Crippen molar-refractivity contribution in [3.05, 3.63) is 16.1 Å². The van der Waals surface area contributed by atoms with Crippen LogP contribution in [0.2, 0.25) is 0 Å². The van der Waals surface area contributed by atoms with Gasteiger partial charge in [-0.25, -0.2) is 4.98 Å². The SMILES string of the molecule is Cc1nc(C(=O)N2CCN(C(=O)CC(C)(C)C)CC2)cs1. The number of carbonyl (C=O) groups excluding carboxylic acids is 2. The van der Waals surface area contributed by atoms with Crippen molar-refractivity contribution >= 4 is 23.2 Å². The summed E-state index contributed by atoms with van der Waals surface area (Å²) in [7, 11) is 0. The van der Waals surface area contributed by atoms with Gasteiger partial charge in [0.1, 0.15) is 5.69 Å². The zero-order valence-electron chi connectivity index (χ0n) is 13.2. The van der Waals surface area contributed by atoms with Gasteiger partial charge in [0, 0.05) is 38.0 Å². The Hall–Kier alpha value is -1.43. The molecule has 0 spiro atoms. The molecule has 1 fully saturated rings. The fraction of sp³-hybridized carbons (Fsp3) is 0.667. The highest BCUT2D eigenvalue weighted by Crippen LogP contribution is 2.20. The standard InChI is InChI=1S/C15H23N3O2S/c1-11-16-12(10-21-11)14(20)18-7-5-17(6-8-18)13(19)9-15(2,3)4/h10H,5-9H2,1-4H3. The lowest BCUT2D eigenvalue weighted by molar-refractivity contribution is -0.134. The molecule has 5 nitrogen and oxygen atoms in total. The number of piperazine rings is 1. The van der Waals surface area contributed by atoms with Gasteiger partial charge in [-0.2, -0.15) is 0 Å². The summed E-state index contributed by atoms with van der Waals surface area (Å²) in [5.41, 5.74) is 0.522. The van der Waals surface area contributed by atoms with Crippen LogP contribution in [0.1, 0.15) is 42.7 Å². The van der Waals surface area contributed by atoms with Crippen LogP contribution in [0.3, 0.4) is 0 Å². The van der Waals surface area contributed by atoms with Crippen molar-refractivity contribution in [2.45, 2.75) is 34.1 Å². The average Bonchev–Trinajstić information content (AvgIpc) is 2.83. The Morgan fingerprint density at radius 1 is 1.19 bits per heavy atom. The summed E-state index contributed by atoms with van der Waals surface area (Å²) in [4.78, 5) is 32.3. The molecule has 0 saturated carbocycles. The van der Waals surface area contributed by atoms with Crippen molar-refractivity contribution in [1.82, 2.24) is 14.8 Å². The first-order valence-corrected chi connectivity index (χ1v) is 8.13. The number of thiazole rings is 1. The molecule has 1 aliphatic heterocycles. The highest BCUT2D eigenvalue weighted by Gasteiger charge is 2.27. The molecule has 1 aromatic rings. The number of carbonyl (C=O) groups is 2. The zero-order valence-corrected chi connectivity index (χ0v) is 14.0. The molecule has 116 valence electrons. The Bertz CT molecular complexity index is 525. The molecule has 0 unspecified atom stereocenters. The minimum Gasteiger partial charge on any atom is -0.339 e. The Labute approximate surface area is 130 Å². The topological polar surface area (TPSA) is 53.5 Å². The zero-order chi connectivity index (χ0) is 15.6. The predicted octanol–water partition coefficient (Wildman–Crippen LogP) is 2.17. The Kier molecular flexibility index (Phi) is 4.66. The van der Waals surface area contributed by atoms with Crippen LogP contribution in [0, 0.1) is 12.3 Å². The number of hydrogen-bond donors (Lipinski definition) is 0. The molecule has 2 amide bonds. The van der Waals surface area contributed by atoms with Crippen LogP contribution in [-0.2, 0) is 4.79 Å². The molecule has 0 atom stereocenters. The normalized spacial score (nSPS) is 16.2. The molecular formula is C15H23N3O2S. The number of rotatable bonds is 2. The van der Waals surface area contributed by atoms with Gasteiger partial charge in [-0.15, -0.1) is 11.3 Å². The summed E-state index contributed by atoms with van der Waals surface area (Å²) < 4.78 is 0. The van der Waals surface area contributed by atoms with Crippen LogP contribution in [0.15, 0.2) is 5.38 Å². The monoisotopic (exact) mass is 309 g/mol. The molecule has 1 aromatic heterocycles. The van der Waals surface area contributed by atoms with Crippen LogP contribution in [0.25, 0.3) is 0 Å². The molecule has 0 aromatic carbocycles. The van der Waals surface area contributed by atoms with Gasteiger partial charge in [0.15, 0.2) is 0 Å². The summed E-state index contributed by atoms with van der Waals surface area (Å²) in [6, 6.07) is 0. The van der Waals surface area contributed by atoms with Gasteiger partial charge in [0.2, 0.25) is 5.91 Å². The Balaban J connectivity index is 1.88. The molecular weight excluding hydrogens is 286 g/mol. The smallest absolute Gasteiger partial charge is 0.273 e. The molecule has 2 heterocycles. The Morgan fingerprint density at radius 3 is 2.24 bits per heavy atom. The third kappa shape index (κ3) is 4.27. The van der Waals surface area contributed by atoms with E-state index in [1.165, 1.54) is 11.3 Å². The molecule has 1 saturated heterocycles.